The van der Waals surface area contributed by atoms with Gasteiger partial charge in [0.15, 0.2) is 11.7 Å². The zero-order chi connectivity index (χ0) is 28.5. The van der Waals surface area contributed by atoms with Gasteiger partial charge in [-0.15, -0.1) is 0 Å². The molecule has 2 fully saturated rings. The van der Waals surface area contributed by atoms with Gasteiger partial charge < -0.3 is 10.4 Å². The van der Waals surface area contributed by atoms with Gasteiger partial charge in [0, 0.05) is 36.1 Å². The zero-order valence-electron chi connectivity index (χ0n) is 23.9. The number of fused-ring (bicyclic) bond motifs is 1. The highest BCUT2D eigenvalue weighted by Gasteiger charge is 2.54. The molecule has 0 radical (unpaired) electrons. The van der Waals surface area contributed by atoms with E-state index in [4.69, 9.17) is 0 Å². The third kappa shape index (κ3) is 5.19. The van der Waals surface area contributed by atoms with E-state index in [1.165, 1.54) is 11.3 Å². The summed E-state index contributed by atoms with van der Waals surface area (Å²) in [6.07, 6.45) is 12.1. The first-order valence-electron chi connectivity index (χ1n) is 14.7. The predicted molar refractivity (Wildman–Crippen MR) is 153 cm³/mol. The van der Waals surface area contributed by atoms with E-state index in [2.05, 4.69) is 37.3 Å². The molecule has 1 aromatic heterocycles. The van der Waals surface area contributed by atoms with Gasteiger partial charge in [-0.05, 0) is 66.8 Å². The van der Waals surface area contributed by atoms with Gasteiger partial charge in [-0.2, -0.15) is 5.26 Å². The second-order valence-corrected chi connectivity index (χ2v) is 12.7. The van der Waals surface area contributed by atoms with Gasteiger partial charge in [-0.1, -0.05) is 52.2 Å². The number of aromatic nitrogens is 1. The number of anilines is 1. The van der Waals surface area contributed by atoms with Crippen molar-refractivity contribution in [2.75, 3.05) is 11.4 Å². The minimum Gasteiger partial charge on any atom is -0.391 e. The largest absolute Gasteiger partial charge is 0.391 e. The number of pyridine rings is 1. The Balaban J connectivity index is 1.68. The van der Waals surface area contributed by atoms with Crippen LogP contribution in [0.25, 0.3) is 0 Å². The van der Waals surface area contributed by atoms with Gasteiger partial charge in [0.2, 0.25) is 0 Å². The summed E-state index contributed by atoms with van der Waals surface area (Å²) >= 11 is 0. The Morgan fingerprint density at radius 3 is 2.52 bits per heavy atom. The van der Waals surface area contributed by atoms with E-state index in [0.717, 1.165) is 55.2 Å². The highest BCUT2D eigenvalue weighted by molar-refractivity contribution is 6.06. The van der Waals surface area contributed by atoms with Crippen LogP contribution in [-0.2, 0) is 27.0 Å². The standard InChI is InChI=1S/C32H41N5O3/c1-31(2,3)23-11-13-25(14-12-23)37(29(39)28-18-26(38)20-36(28)21-33)32(30(40)35-24-9-5-4-6-10-24)16-7-8-22-15-17-34-19-27(22)32/h11-15,17,19,24,26,28,38H,4-10,16,18,20H2,1-3H3,(H,35,40)/t26-,28-,32?/m1/s1. The predicted octanol–water partition coefficient (Wildman–Crippen LogP) is 4.31. The maximum absolute atomic E-state index is 14.7. The minimum absolute atomic E-state index is 0.0595. The number of likely N-dealkylation sites (tertiary alicyclic amines) is 1. The van der Waals surface area contributed by atoms with E-state index in [9.17, 15) is 20.0 Å². The Morgan fingerprint density at radius 2 is 1.85 bits per heavy atom. The normalized spacial score (nSPS) is 25.1. The Bertz CT molecular complexity index is 1270. The van der Waals surface area contributed by atoms with Crippen molar-refractivity contribution in [2.45, 2.75) is 108 Å². The van der Waals surface area contributed by atoms with Gasteiger partial charge in [0.1, 0.15) is 6.04 Å². The number of β-amino-alcohol motifs (C(OH)–C–C–N with tert-alkyl or cyclic N) is 1. The summed E-state index contributed by atoms with van der Waals surface area (Å²) in [5.41, 5.74) is 2.06. The lowest BCUT2D eigenvalue weighted by Crippen LogP contribution is -2.64. The van der Waals surface area contributed by atoms with Crippen molar-refractivity contribution >= 4 is 17.5 Å². The number of aryl methyl sites for hydroxylation is 1. The molecule has 1 saturated heterocycles. The third-order valence-electron chi connectivity index (χ3n) is 8.94. The number of amides is 2. The average molecular weight is 544 g/mol. The maximum atomic E-state index is 14.7. The number of hydrogen-bond acceptors (Lipinski definition) is 6. The lowest BCUT2D eigenvalue weighted by molar-refractivity contribution is -0.133. The molecule has 8 heteroatoms. The number of nitrogens with zero attached hydrogens (tertiary/aromatic N) is 4. The van der Waals surface area contributed by atoms with Gasteiger partial charge in [-0.3, -0.25) is 24.4 Å². The first-order chi connectivity index (χ1) is 19.1. The summed E-state index contributed by atoms with van der Waals surface area (Å²) in [7, 11) is 0. The summed E-state index contributed by atoms with van der Waals surface area (Å²) < 4.78 is 0. The molecule has 1 saturated carbocycles. The SMILES string of the molecule is CC(C)(C)c1ccc(N(C(=O)[C@H]2C[C@@H](O)CN2C#N)C2(C(=O)NC3CCCCC3)CCCc3ccncc32)cc1. The van der Waals surface area contributed by atoms with Crippen molar-refractivity contribution in [3.63, 3.8) is 0 Å². The van der Waals surface area contributed by atoms with E-state index in [-0.39, 0.29) is 36.2 Å². The molecule has 2 N–H and O–H groups in total. The molecule has 1 unspecified atom stereocenters. The van der Waals surface area contributed by atoms with E-state index in [0.29, 0.717) is 12.1 Å². The van der Waals surface area contributed by atoms with Crippen LogP contribution in [-0.4, -0.2) is 51.5 Å². The number of carbonyl (C=O) groups excluding carboxylic acids is 2. The Labute approximate surface area is 237 Å². The fourth-order valence-corrected chi connectivity index (χ4v) is 6.76. The molecule has 2 aromatic rings. The van der Waals surface area contributed by atoms with Crippen LogP contribution in [0.15, 0.2) is 42.7 Å². The van der Waals surface area contributed by atoms with Gasteiger partial charge in [0.25, 0.3) is 11.8 Å². The first kappa shape index (κ1) is 28.1. The number of benzene rings is 1. The molecule has 0 spiro atoms. The number of carbonyl (C=O) groups is 2. The van der Waals surface area contributed by atoms with Crippen LogP contribution >= 0.6 is 0 Å². The highest BCUT2D eigenvalue weighted by Crippen LogP contribution is 2.44. The van der Waals surface area contributed by atoms with Crippen LogP contribution < -0.4 is 10.2 Å². The molecule has 1 aromatic carbocycles. The molecule has 2 amide bonds. The molecule has 40 heavy (non-hydrogen) atoms. The highest BCUT2D eigenvalue weighted by atomic mass is 16.3. The van der Waals surface area contributed by atoms with Crippen LogP contribution in [0, 0.1) is 11.5 Å². The molecule has 2 aliphatic carbocycles. The Kier molecular flexibility index (Phi) is 7.87. The lowest BCUT2D eigenvalue weighted by Gasteiger charge is -2.47. The summed E-state index contributed by atoms with van der Waals surface area (Å²) in [5.74, 6) is -0.541. The third-order valence-corrected chi connectivity index (χ3v) is 8.94. The number of aliphatic hydroxyl groups excluding tert-OH is 1. The number of rotatable bonds is 5. The van der Waals surface area contributed by atoms with Crippen molar-refractivity contribution in [3.8, 4) is 6.19 Å². The van der Waals surface area contributed by atoms with Crippen LogP contribution in [0.3, 0.4) is 0 Å². The molecule has 2 heterocycles. The van der Waals surface area contributed by atoms with Crippen molar-refractivity contribution in [2.24, 2.45) is 0 Å². The molecule has 3 atom stereocenters. The molecule has 8 nitrogen and oxygen atoms in total. The average Bonchev–Trinajstić information content (AvgIpc) is 3.34. The smallest absolute Gasteiger partial charge is 0.251 e. The second-order valence-electron chi connectivity index (χ2n) is 12.7. The summed E-state index contributed by atoms with van der Waals surface area (Å²) in [6.45, 7) is 6.51. The topological polar surface area (TPSA) is 110 Å². The maximum Gasteiger partial charge on any atom is 0.251 e. The summed E-state index contributed by atoms with van der Waals surface area (Å²) in [4.78, 5) is 36.8. The Morgan fingerprint density at radius 1 is 1.12 bits per heavy atom. The number of nitriles is 1. The second kappa shape index (κ2) is 11.2. The molecule has 212 valence electrons. The number of aliphatic hydroxyl groups is 1. The monoisotopic (exact) mass is 543 g/mol. The lowest BCUT2D eigenvalue weighted by atomic mass is 9.74. The van der Waals surface area contributed by atoms with Gasteiger partial charge in [0.05, 0.1) is 12.6 Å². The molecular formula is C32H41N5O3. The number of nitrogens with one attached hydrogen (secondary N) is 1. The van der Waals surface area contributed by atoms with E-state index >= 15 is 0 Å². The van der Waals surface area contributed by atoms with Crippen LogP contribution in [0.5, 0.6) is 0 Å². The number of hydrogen-bond donors (Lipinski definition) is 2. The first-order valence-corrected chi connectivity index (χ1v) is 14.7. The molecule has 0 bridgehead atoms. The van der Waals surface area contributed by atoms with Crippen molar-refractivity contribution < 1.29 is 14.7 Å². The minimum atomic E-state index is -1.33. The van der Waals surface area contributed by atoms with E-state index in [1.54, 1.807) is 17.3 Å². The fourth-order valence-electron chi connectivity index (χ4n) is 6.76. The summed E-state index contributed by atoms with van der Waals surface area (Å²) in [6, 6.07) is 9.01. The van der Waals surface area contributed by atoms with E-state index < -0.39 is 17.7 Å². The van der Waals surface area contributed by atoms with Crippen LogP contribution in [0.2, 0.25) is 0 Å². The van der Waals surface area contributed by atoms with Crippen LogP contribution in [0.1, 0.15) is 88.8 Å². The van der Waals surface area contributed by atoms with Gasteiger partial charge >= 0.3 is 0 Å². The van der Waals surface area contributed by atoms with Gasteiger partial charge in [-0.25, -0.2) is 0 Å². The fraction of sp³-hybridized carbons (Fsp3) is 0.562. The van der Waals surface area contributed by atoms with Crippen molar-refractivity contribution in [3.05, 3.63) is 59.4 Å². The van der Waals surface area contributed by atoms with Crippen molar-refractivity contribution in [1.82, 2.24) is 15.2 Å². The molecule has 3 aliphatic rings. The molecule has 5 rings (SSSR count). The zero-order valence-corrected chi connectivity index (χ0v) is 23.9. The van der Waals surface area contributed by atoms with Crippen LogP contribution in [0.4, 0.5) is 5.69 Å². The molecular weight excluding hydrogens is 502 g/mol. The quantitative estimate of drug-likeness (QED) is 0.544. The van der Waals surface area contributed by atoms with Crippen molar-refractivity contribution in [1.29, 1.82) is 5.26 Å². The Hall–Kier alpha value is -3.44. The molecule has 1 aliphatic heterocycles. The summed E-state index contributed by atoms with van der Waals surface area (Å²) in [5, 5.41) is 23.6. The van der Waals surface area contributed by atoms with E-state index in [1.807, 2.05) is 30.3 Å².